The predicted octanol–water partition coefficient (Wildman–Crippen LogP) is 3.51. The second-order valence-corrected chi connectivity index (χ2v) is 7.28. The minimum atomic E-state index is -0.548. The van der Waals surface area contributed by atoms with E-state index in [9.17, 15) is 14.9 Å². The lowest BCUT2D eigenvalue weighted by atomic mass is 10.2. The number of H-pyrrole nitrogens is 1. The van der Waals surface area contributed by atoms with Crippen LogP contribution >= 0.6 is 11.8 Å². The minimum Gasteiger partial charge on any atom is -0.493 e. The molecule has 162 valence electrons. The van der Waals surface area contributed by atoms with Crippen LogP contribution in [0.5, 0.6) is 11.5 Å². The Hall–Kier alpha value is -3.60. The van der Waals surface area contributed by atoms with Gasteiger partial charge in [0.2, 0.25) is 5.75 Å². The zero-order chi connectivity index (χ0) is 22.2. The number of nitrogens with one attached hydrogen (secondary N) is 2. The summed E-state index contributed by atoms with van der Waals surface area (Å²) in [5.41, 5.74) is 4.27. The van der Waals surface area contributed by atoms with Crippen molar-refractivity contribution in [2.75, 3.05) is 19.5 Å². The molecule has 3 rings (SSSR count). The molecule has 1 aromatic heterocycles. The maximum atomic E-state index is 12.1. The molecule has 1 heterocycles. The first-order valence-electron chi connectivity index (χ1n) is 9.40. The number of hydrazone groups is 1. The van der Waals surface area contributed by atoms with Crippen LogP contribution in [-0.2, 0) is 4.79 Å². The lowest BCUT2D eigenvalue weighted by Gasteiger charge is -2.11. The van der Waals surface area contributed by atoms with Crippen molar-refractivity contribution in [3.63, 3.8) is 0 Å². The summed E-state index contributed by atoms with van der Waals surface area (Å²) < 4.78 is 10.7. The average Bonchev–Trinajstić information content (AvgIpc) is 3.19. The highest BCUT2D eigenvalue weighted by atomic mass is 32.2. The molecule has 10 nitrogen and oxygen atoms in total. The van der Waals surface area contributed by atoms with Crippen molar-refractivity contribution in [3.05, 3.63) is 52.1 Å². The average molecular weight is 443 g/mol. The molecule has 2 N–H and O–H groups in total. The minimum absolute atomic E-state index is 0.0674. The van der Waals surface area contributed by atoms with E-state index in [0.717, 1.165) is 11.0 Å². The quantitative estimate of drug-likeness (QED) is 0.212. The van der Waals surface area contributed by atoms with Crippen molar-refractivity contribution in [2.24, 2.45) is 5.10 Å². The van der Waals surface area contributed by atoms with Crippen molar-refractivity contribution in [1.82, 2.24) is 15.4 Å². The van der Waals surface area contributed by atoms with Gasteiger partial charge in [0.25, 0.3) is 5.91 Å². The number of amides is 1. The number of methoxy groups -OCH3 is 1. The van der Waals surface area contributed by atoms with Crippen molar-refractivity contribution < 1.29 is 19.2 Å². The molecule has 0 unspecified atom stereocenters. The summed E-state index contributed by atoms with van der Waals surface area (Å²) in [5, 5.41) is 15.9. The number of imidazole rings is 1. The van der Waals surface area contributed by atoms with Crippen LogP contribution in [0.25, 0.3) is 11.0 Å². The Labute approximate surface area is 182 Å². The molecule has 0 aliphatic rings. The fourth-order valence-corrected chi connectivity index (χ4v) is 3.34. The Bertz CT molecular complexity index is 1080. The highest BCUT2D eigenvalue weighted by Crippen LogP contribution is 2.38. The van der Waals surface area contributed by atoms with Crippen LogP contribution in [0.2, 0.25) is 0 Å². The predicted molar refractivity (Wildman–Crippen MR) is 118 cm³/mol. The molecule has 11 heteroatoms. The molecule has 2 aromatic carbocycles. The summed E-state index contributed by atoms with van der Waals surface area (Å²) >= 11 is 1.24. The van der Waals surface area contributed by atoms with Gasteiger partial charge in [0.15, 0.2) is 10.9 Å². The first kappa shape index (κ1) is 22.1. The second-order valence-electron chi connectivity index (χ2n) is 6.32. The molecule has 1 amide bonds. The van der Waals surface area contributed by atoms with E-state index in [2.05, 4.69) is 20.5 Å². The lowest BCUT2D eigenvalue weighted by Crippen LogP contribution is -2.19. The van der Waals surface area contributed by atoms with Gasteiger partial charge in [-0.05, 0) is 24.6 Å². The van der Waals surface area contributed by atoms with E-state index in [4.69, 9.17) is 9.47 Å². The molecule has 0 aliphatic heterocycles. The molecule has 0 saturated carbocycles. The Balaban J connectivity index is 1.63. The maximum absolute atomic E-state index is 12.1. The number of carbonyl (C=O) groups is 1. The number of ether oxygens (including phenoxy) is 2. The molecular formula is C20H21N5O5S. The molecule has 31 heavy (non-hydrogen) atoms. The first-order valence-corrected chi connectivity index (χ1v) is 10.4. The number of carbonyl (C=O) groups excluding carboxylic acids is 1. The number of nitro benzene ring substituents is 1. The summed E-state index contributed by atoms with van der Waals surface area (Å²) in [6, 6.07) is 10.4. The van der Waals surface area contributed by atoms with E-state index in [1.807, 2.05) is 31.2 Å². The van der Waals surface area contributed by atoms with Gasteiger partial charge in [0, 0.05) is 11.6 Å². The largest absolute Gasteiger partial charge is 0.493 e. The Morgan fingerprint density at radius 3 is 2.90 bits per heavy atom. The number of para-hydroxylation sites is 2. The molecular weight excluding hydrogens is 422 g/mol. The zero-order valence-electron chi connectivity index (χ0n) is 17.0. The van der Waals surface area contributed by atoms with Gasteiger partial charge in [0.1, 0.15) is 0 Å². The van der Waals surface area contributed by atoms with Gasteiger partial charge in [0.05, 0.1) is 41.6 Å². The van der Waals surface area contributed by atoms with Gasteiger partial charge in [-0.25, -0.2) is 10.4 Å². The third kappa shape index (κ3) is 5.72. The summed E-state index contributed by atoms with van der Waals surface area (Å²) in [4.78, 5) is 30.4. The number of aromatic amines is 1. The molecule has 3 aromatic rings. The van der Waals surface area contributed by atoms with E-state index < -0.39 is 4.92 Å². The van der Waals surface area contributed by atoms with Crippen LogP contribution in [0.15, 0.2) is 46.7 Å². The van der Waals surface area contributed by atoms with Crippen molar-refractivity contribution in [3.8, 4) is 11.5 Å². The van der Waals surface area contributed by atoms with E-state index in [1.165, 1.54) is 31.2 Å². The van der Waals surface area contributed by atoms with Crippen LogP contribution < -0.4 is 14.9 Å². The summed E-state index contributed by atoms with van der Waals surface area (Å²) in [6.07, 6.45) is 2.00. The maximum Gasteiger partial charge on any atom is 0.315 e. The van der Waals surface area contributed by atoms with Crippen LogP contribution in [0.4, 0.5) is 5.69 Å². The lowest BCUT2D eigenvalue weighted by molar-refractivity contribution is -0.386. The van der Waals surface area contributed by atoms with Gasteiger partial charge in [-0.2, -0.15) is 5.10 Å². The van der Waals surface area contributed by atoms with Gasteiger partial charge in [-0.3, -0.25) is 14.9 Å². The third-order valence-electron chi connectivity index (χ3n) is 4.04. The number of hydrogen-bond donors (Lipinski definition) is 2. The Morgan fingerprint density at radius 2 is 2.19 bits per heavy atom. The number of benzene rings is 2. The molecule has 0 spiro atoms. The van der Waals surface area contributed by atoms with E-state index >= 15 is 0 Å². The van der Waals surface area contributed by atoms with E-state index in [1.54, 1.807) is 6.07 Å². The summed E-state index contributed by atoms with van der Waals surface area (Å²) in [6.45, 7) is 2.22. The van der Waals surface area contributed by atoms with Gasteiger partial charge < -0.3 is 14.5 Å². The third-order valence-corrected chi connectivity index (χ3v) is 4.91. The molecule has 0 saturated heterocycles. The number of thioether (sulfide) groups is 1. The van der Waals surface area contributed by atoms with E-state index in [0.29, 0.717) is 23.7 Å². The number of aromatic nitrogens is 2. The number of nitro groups is 1. The molecule has 0 atom stereocenters. The topological polar surface area (TPSA) is 132 Å². The fraction of sp³-hybridized carbons (Fsp3) is 0.250. The normalized spacial score (nSPS) is 11.0. The van der Waals surface area contributed by atoms with Crippen LogP contribution in [0.3, 0.4) is 0 Å². The van der Waals surface area contributed by atoms with Crippen molar-refractivity contribution in [2.45, 2.75) is 18.5 Å². The zero-order valence-corrected chi connectivity index (χ0v) is 17.8. The number of rotatable bonds is 10. The van der Waals surface area contributed by atoms with Crippen LogP contribution in [0.1, 0.15) is 18.9 Å². The standard InChI is InChI=1S/C20H21N5O5S/c1-3-8-30-19-16(25(27)28)9-13(10-17(19)29-2)11-21-24-18(26)12-31-20-22-14-6-4-5-7-15(14)23-20/h4-7,9-11H,3,8,12H2,1-2H3,(H,22,23)(H,24,26)/b21-11-. The second kappa shape index (κ2) is 10.4. The first-order chi connectivity index (χ1) is 15.0. The summed E-state index contributed by atoms with van der Waals surface area (Å²) in [7, 11) is 1.40. The highest BCUT2D eigenvalue weighted by molar-refractivity contribution is 7.99. The van der Waals surface area contributed by atoms with Gasteiger partial charge >= 0.3 is 5.69 Å². The molecule has 0 bridgehead atoms. The molecule has 0 fully saturated rings. The molecule has 0 radical (unpaired) electrons. The van der Waals surface area contributed by atoms with Gasteiger partial charge in [-0.15, -0.1) is 0 Å². The van der Waals surface area contributed by atoms with Crippen molar-refractivity contribution in [1.29, 1.82) is 0 Å². The fourth-order valence-electron chi connectivity index (χ4n) is 2.66. The Morgan fingerprint density at radius 1 is 1.39 bits per heavy atom. The number of nitrogens with zero attached hydrogens (tertiary/aromatic N) is 3. The smallest absolute Gasteiger partial charge is 0.315 e. The van der Waals surface area contributed by atoms with E-state index in [-0.39, 0.29) is 28.8 Å². The van der Waals surface area contributed by atoms with Crippen molar-refractivity contribution >= 4 is 40.6 Å². The molecule has 0 aliphatic carbocycles. The SMILES string of the molecule is CCCOc1c(OC)cc(/C=N\NC(=O)CSc2nc3ccccc3[nH]2)cc1[N+](=O)[O-]. The Kier molecular flexibility index (Phi) is 7.44. The highest BCUT2D eigenvalue weighted by Gasteiger charge is 2.22. The van der Waals surface area contributed by atoms with Gasteiger partial charge in [-0.1, -0.05) is 30.8 Å². The number of fused-ring (bicyclic) bond motifs is 1. The van der Waals surface area contributed by atoms with Crippen LogP contribution in [0, 0.1) is 10.1 Å². The van der Waals surface area contributed by atoms with Crippen LogP contribution in [-0.4, -0.2) is 46.5 Å². The monoisotopic (exact) mass is 443 g/mol. The number of hydrogen-bond acceptors (Lipinski definition) is 8. The summed E-state index contributed by atoms with van der Waals surface area (Å²) in [5.74, 6) is 0.0458.